The summed E-state index contributed by atoms with van der Waals surface area (Å²) in [6.07, 6.45) is 1.51. The first kappa shape index (κ1) is 13.1. The minimum Gasteiger partial charge on any atom is -0.478 e. The van der Waals surface area contributed by atoms with Gasteiger partial charge in [0.25, 0.3) is 6.29 Å². The minimum absolute atomic E-state index is 0.198. The highest BCUT2D eigenvalue weighted by atomic mass is 32.1. The van der Waals surface area contributed by atoms with Gasteiger partial charge < -0.3 is 15.7 Å². The van der Waals surface area contributed by atoms with E-state index >= 15 is 0 Å². The highest BCUT2D eigenvalue weighted by molar-refractivity contribution is 7.13. The Morgan fingerprint density at radius 2 is 2.35 bits per heavy atom. The van der Waals surface area contributed by atoms with E-state index in [9.17, 15) is 9.59 Å². The monoisotopic (exact) mass is 256 g/mol. The summed E-state index contributed by atoms with van der Waals surface area (Å²) in [5.74, 6) is -1.20. The van der Waals surface area contributed by atoms with E-state index in [0.717, 1.165) is 11.3 Å². The number of anilines is 1. The zero-order chi connectivity index (χ0) is 13.1. The van der Waals surface area contributed by atoms with Crippen LogP contribution in [-0.2, 0) is 14.4 Å². The predicted molar refractivity (Wildman–Crippen MR) is 61.6 cm³/mol. The molecule has 1 heterocycles. The molecule has 0 spiro atoms. The van der Waals surface area contributed by atoms with Gasteiger partial charge in [-0.15, -0.1) is 11.3 Å². The van der Waals surface area contributed by atoms with Crippen LogP contribution in [0.3, 0.4) is 0 Å². The van der Waals surface area contributed by atoms with Gasteiger partial charge in [-0.1, -0.05) is 5.16 Å². The zero-order valence-electron chi connectivity index (χ0n) is 9.13. The van der Waals surface area contributed by atoms with Crippen LogP contribution in [0.1, 0.15) is 19.5 Å². The molecule has 8 heteroatoms. The average Bonchev–Trinajstić information content (AvgIpc) is 2.65. The molecule has 0 fully saturated rings. The maximum atomic E-state index is 10.7. The fraction of sp³-hybridized carbons (Fsp3) is 0.333. The topological polar surface area (TPSA) is 115 Å². The van der Waals surface area contributed by atoms with Crippen LogP contribution in [0.2, 0.25) is 0 Å². The number of hydrogen-bond acceptors (Lipinski definition) is 7. The van der Waals surface area contributed by atoms with Gasteiger partial charge in [0.05, 0.1) is 0 Å². The van der Waals surface area contributed by atoms with Gasteiger partial charge in [-0.25, -0.2) is 9.78 Å². The van der Waals surface area contributed by atoms with Crippen molar-refractivity contribution < 1.29 is 19.5 Å². The highest BCUT2D eigenvalue weighted by Gasteiger charge is 2.30. The molecule has 91 valence electrons. The van der Waals surface area contributed by atoms with E-state index in [-0.39, 0.29) is 16.5 Å². The summed E-state index contributed by atoms with van der Waals surface area (Å²) in [6.45, 7) is 2.60. The van der Waals surface area contributed by atoms with E-state index < -0.39 is 11.6 Å². The molecule has 0 unspecified atom stereocenters. The number of aromatic nitrogens is 1. The lowest BCUT2D eigenvalue weighted by atomic mass is 10.1. The first-order valence-corrected chi connectivity index (χ1v) is 5.34. The van der Waals surface area contributed by atoms with Crippen molar-refractivity contribution in [3.63, 3.8) is 0 Å². The molecule has 0 aliphatic heterocycles. The standard InChI is InChI=1S/C9H10N3O4S/c1-9(2,7(14)15)16-12-5(3-13)6-4-17-8(10)11-6/h4H,1-2H3,(H2,10,11)(H,14,15). The molecule has 0 amide bonds. The number of carbonyl (C=O) groups is 1. The Morgan fingerprint density at radius 3 is 2.76 bits per heavy atom. The third-order valence-electron chi connectivity index (χ3n) is 1.74. The summed E-state index contributed by atoms with van der Waals surface area (Å²) >= 11 is 1.12. The maximum absolute atomic E-state index is 10.7. The summed E-state index contributed by atoms with van der Waals surface area (Å²) in [7, 11) is 0. The van der Waals surface area contributed by atoms with E-state index in [1.54, 1.807) is 0 Å². The van der Waals surface area contributed by atoms with Crippen molar-refractivity contribution in [2.45, 2.75) is 19.4 Å². The van der Waals surface area contributed by atoms with Crippen molar-refractivity contribution in [1.29, 1.82) is 0 Å². The molecule has 0 aromatic carbocycles. The van der Waals surface area contributed by atoms with Crippen molar-refractivity contribution in [3.8, 4) is 0 Å². The summed E-state index contributed by atoms with van der Waals surface area (Å²) in [6, 6.07) is 0. The van der Waals surface area contributed by atoms with Gasteiger partial charge >= 0.3 is 5.97 Å². The summed E-state index contributed by atoms with van der Waals surface area (Å²) < 4.78 is 0. The van der Waals surface area contributed by atoms with Crippen molar-refractivity contribution >= 4 is 34.4 Å². The smallest absolute Gasteiger partial charge is 0.350 e. The molecule has 0 aliphatic rings. The number of oxime groups is 1. The quantitative estimate of drug-likeness (QED) is 0.582. The van der Waals surface area contributed by atoms with Crippen molar-refractivity contribution in [2.75, 3.05) is 5.73 Å². The molecular weight excluding hydrogens is 246 g/mol. The van der Waals surface area contributed by atoms with Gasteiger partial charge in [0.2, 0.25) is 5.60 Å². The van der Waals surface area contributed by atoms with Gasteiger partial charge in [0, 0.05) is 5.38 Å². The van der Waals surface area contributed by atoms with Crippen LogP contribution in [0.25, 0.3) is 0 Å². The molecule has 1 rings (SSSR count). The Hall–Kier alpha value is -1.96. The number of carboxylic acid groups (broad SMARTS) is 1. The Kier molecular flexibility index (Phi) is 3.79. The fourth-order valence-corrected chi connectivity index (χ4v) is 1.26. The van der Waals surface area contributed by atoms with E-state index in [0.29, 0.717) is 0 Å². The Bertz CT molecular complexity index is 467. The van der Waals surface area contributed by atoms with Crippen molar-refractivity contribution in [1.82, 2.24) is 4.98 Å². The minimum atomic E-state index is -1.54. The second kappa shape index (κ2) is 4.91. The Morgan fingerprint density at radius 1 is 1.71 bits per heavy atom. The number of thiazole rings is 1. The lowest BCUT2D eigenvalue weighted by molar-refractivity contribution is -0.161. The van der Waals surface area contributed by atoms with Gasteiger partial charge in [-0.05, 0) is 13.8 Å². The van der Waals surface area contributed by atoms with Crippen LogP contribution >= 0.6 is 11.3 Å². The average molecular weight is 256 g/mol. The van der Waals surface area contributed by atoms with Crippen molar-refractivity contribution in [2.24, 2.45) is 5.16 Å². The number of carbonyl (C=O) groups excluding carboxylic acids is 1. The summed E-state index contributed by atoms with van der Waals surface area (Å²) in [5.41, 5.74) is 3.82. The van der Waals surface area contributed by atoms with Crippen LogP contribution in [0.15, 0.2) is 10.5 Å². The Balaban J connectivity index is 2.89. The van der Waals surface area contributed by atoms with Gasteiger partial charge in [0.15, 0.2) is 10.8 Å². The van der Waals surface area contributed by atoms with E-state index in [1.807, 2.05) is 0 Å². The molecule has 0 bridgehead atoms. The molecular formula is C9H10N3O4S. The number of nitrogens with two attached hydrogens (primary N) is 1. The maximum Gasteiger partial charge on any atom is 0.350 e. The van der Waals surface area contributed by atoms with Crippen molar-refractivity contribution in [3.05, 3.63) is 11.1 Å². The van der Waals surface area contributed by atoms with E-state index in [4.69, 9.17) is 15.7 Å². The van der Waals surface area contributed by atoms with Crippen LogP contribution in [0.5, 0.6) is 0 Å². The molecule has 1 aromatic rings. The number of nitrogens with zero attached hydrogens (tertiary/aromatic N) is 2. The van der Waals surface area contributed by atoms with Crippen LogP contribution < -0.4 is 5.73 Å². The molecule has 3 N–H and O–H groups in total. The molecule has 0 saturated heterocycles. The summed E-state index contributed by atoms with van der Waals surface area (Å²) in [4.78, 5) is 29.9. The second-order valence-electron chi connectivity index (χ2n) is 3.52. The molecule has 0 atom stereocenters. The first-order valence-electron chi connectivity index (χ1n) is 4.46. The number of nitrogen functional groups attached to an aromatic ring is 1. The molecule has 0 aliphatic carbocycles. The number of aliphatic carboxylic acids is 1. The largest absolute Gasteiger partial charge is 0.478 e. The van der Waals surface area contributed by atoms with Crippen LogP contribution in [-0.4, -0.2) is 33.7 Å². The highest BCUT2D eigenvalue weighted by Crippen LogP contribution is 2.14. The number of carboxylic acids is 1. The number of hydrogen-bond donors (Lipinski definition) is 2. The molecule has 7 nitrogen and oxygen atoms in total. The van der Waals surface area contributed by atoms with Crippen LogP contribution in [0.4, 0.5) is 5.13 Å². The van der Waals surface area contributed by atoms with Gasteiger partial charge in [-0.2, -0.15) is 0 Å². The van der Waals surface area contributed by atoms with E-state index in [2.05, 4.69) is 10.1 Å². The lowest BCUT2D eigenvalue weighted by Gasteiger charge is -2.16. The summed E-state index contributed by atoms with van der Waals surface area (Å²) in [5, 5.41) is 14.0. The van der Waals surface area contributed by atoms with Gasteiger partial charge in [0.1, 0.15) is 5.69 Å². The zero-order valence-corrected chi connectivity index (χ0v) is 9.95. The normalized spacial score (nSPS) is 12.2. The Labute approximate surface area is 101 Å². The molecule has 1 radical (unpaired) electrons. The first-order chi connectivity index (χ1) is 7.86. The van der Waals surface area contributed by atoms with E-state index in [1.165, 1.54) is 25.5 Å². The lowest BCUT2D eigenvalue weighted by Crippen LogP contribution is -2.33. The predicted octanol–water partition coefficient (Wildman–Crippen LogP) is 0.419. The number of rotatable bonds is 5. The van der Waals surface area contributed by atoms with Gasteiger partial charge in [-0.3, -0.25) is 4.79 Å². The SMILES string of the molecule is CC(C)(ON=C([C]=O)c1csc(N)n1)C(=O)O. The third kappa shape index (κ3) is 3.25. The second-order valence-corrected chi connectivity index (χ2v) is 4.41. The molecule has 1 aromatic heterocycles. The molecule has 17 heavy (non-hydrogen) atoms. The fourth-order valence-electron chi connectivity index (χ4n) is 0.713. The van der Waals surface area contributed by atoms with Crippen LogP contribution in [0, 0.1) is 0 Å². The third-order valence-corrected chi connectivity index (χ3v) is 2.42. The molecule has 0 saturated carbocycles.